The summed E-state index contributed by atoms with van der Waals surface area (Å²) >= 11 is 0. The van der Waals surface area contributed by atoms with E-state index in [1.807, 2.05) is 25.1 Å². The summed E-state index contributed by atoms with van der Waals surface area (Å²) in [4.78, 5) is 32.5. The Morgan fingerprint density at radius 2 is 1.83 bits per heavy atom. The van der Waals surface area contributed by atoms with Gasteiger partial charge in [0, 0.05) is 43.7 Å². The maximum Gasteiger partial charge on any atom is 0.409 e. The first kappa shape index (κ1) is 39.8. The molecule has 0 bridgehead atoms. The van der Waals surface area contributed by atoms with Gasteiger partial charge in [0.25, 0.3) is 0 Å². The van der Waals surface area contributed by atoms with Gasteiger partial charge in [0.15, 0.2) is 0 Å². The van der Waals surface area contributed by atoms with E-state index in [2.05, 4.69) is 24.4 Å². The molecule has 2 N–H and O–H groups in total. The molecule has 1 amide bonds. The summed E-state index contributed by atoms with van der Waals surface area (Å²) in [6, 6.07) is 12.0. The Balaban J connectivity index is 1.73. The number of carbonyl (C=O) groups is 2. The van der Waals surface area contributed by atoms with E-state index in [-0.39, 0.29) is 50.6 Å². The van der Waals surface area contributed by atoms with Crippen molar-refractivity contribution in [2.75, 3.05) is 40.1 Å². The summed E-state index contributed by atoms with van der Waals surface area (Å²) < 4.78 is 26.0. The third kappa shape index (κ3) is 8.86. The lowest BCUT2D eigenvalue weighted by Gasteiger charge is -2.59. The van der Waals surface area contributed by atoms with Crippen molar-refractivity contribution >= 4 is 18.1 Å². The van der Waals surface area contributed by atoms with Crippen molar-refractivity contribution in [1.29, 1.82) is 0 Å². The molecule has 1 heterocycles. The van der Waals surface area contributed by atoms with Crippen LogP contribution in [0.15, 0.2) is 84.6 Å². The van der Waals surface area contributed by atoms with Gasteiger partial charge in [0.05, 0.1) is 24.8 Å². The van der Waals surface area contributed by atoms with Gasteiger partial charge in [-0.1, -0.05) is 48.4 Å². The van der Waals surface area contributed by atoms with E-state index in [4.69, 9.17) is 23.8 Å². The number of hydrogen-bond acceptors (Lipinski definition) is 10. The van der Waals surface area contributed by atoms with Gasteiger partial charge < -0.3 is 38.9 Å². The maximum absolute atomic E-state index is 13.7. The standard InChI is InChI=1S/C42H54N2O9/c1-5-8-23-49-41(48)44(4)38-27-36(43-51-7-3)34-25-30(15-9-11-20-45)33(17-10-12-21-46)39-35-26-32(52-31-16-13-14-29(24-31)28-47)18-19-37(35)53-42(38,40(34)39)50-22-6-2/h5-6,13-14,16,18-19,24-26,28,30,33,38-40,45-46H,1-2,7-12,15,17,20-23,27H2,3-4H3. The average Bonchev–Trinajstić information content (AvgIpc) is 3.17. The number of aldehydes is 1. The minimum Gasteiger partial charge on any atom is -0.459 e. The van der Waals surface area contributed by atoms with Crippen LogP contribution in [-0.4, -0.2) is 85.1 Å². The van der Waals surface area contributed by atoms with E-state index >= 15 is 0 Å². The number of benzene rings is 2. The third-order valence-corrected chi connectivity index (χ3v) is 10.5. The molecule has 0 saturated heterocycles. The number of aliphatic hydroxyl groups is 2. The van der Waals surface area contributed by atoms with Crippen LogP contribution in [0.4, 0.5) is 4.79 Å². The molecule has 1 saturated carbocycles. The molecule has 2 aromatic rings. The van der Waals surface area contributed by atoms with Crippen molar-refractivity contribution in [3.63, 3.8) is 0 Å². The summed E-state index contributed by atoms with van der Waals surface area (Å²) in [5.74, 6) is -0.149. The SMILES string of the molecule is C=CCCOC(=O)N(C)C1CC(=NOCC)C2=CC(CCCCO)C(CCCCO)C3c4cc(Oc5cccc(C=O)c5)ccc4OC1(OCC=C)C23. The predicted molar refractivity (Wildman–Crippen MR) is 202 cm³/mol. The zero-order valence-electron chi connectivity index (χ0n) is 31.0. The van der Waals surface area contributed by atoms with Crippen molar-refractivity contribution in [3.05, 3.63) is 90.6 Å². The van der Waals surface area contributed by atoms with Crippen LogP contribution in [0.1, 0.15) is 80.1 Å². The second-order valence-corrected chi connectivity index (χ2v) is 13.8. The number of aliphatic hydroxyl groups excluding tert-OH is 2. The quantitative estimate of drug-likeness (QED) is 0.0611. The van der Waals surface area contributed by atoms with Crippen molar-refractivity contribution < 1.29 is 43.6 Å². The molecule has 53 heavy (non-hydrogen) atoms. The van der Waals surface area contributed by atoms with Crippen LogP contribution in [-0.2, 0) is 14.3 Å². The molecule has 1 aliphatic heterocycles. The summed E-state index contributed by atoms with van der Waals surface area (Å²) in [5, 5.41) is 24.2. The molecular weight excluding hydrogens is 676 g/mol. The van der Waals surface area contributed by atoms with E-state index in [9.17, 15) is 19.8 Å². The fourth-order valence-electron chi connectivity index (χ4n) is 8.18. The average molecular weight is 731 g/mol. The minimum absolute atomic E-state index is 0.0638. The molecule has 6 unspecified atom stereocenters. The summed E-state index contributed by atoms with van der Waals surface area (Å²) in [5.41, 5.74) is 3.09. The van der Waals surface area contributed by atoms with Gasteiger partial charge in [-0.2, -0.15) is 0 Å². The second-order valence-electron chi connectivity index (χ2n) is 13.8. The highest BCUT2D eigenvalue weighted by Gasteiger charge is 2.65. The van der Waals surface area contributed by atoms with E-state index in [0.29, 0.717) is 54.4 Å². The monoisotopic (exact) mass is 730 g/mol. The first-order chi connectivity index (χ1) is 25.8. The van der Waals surface area contributed by atoms with Gasteiger partial charge in [-0.15, -0.1) is 13.2 Å². The fourth-order valence-corrected chi connectivity index (χ4v) is 8.18. The van der Waals surface area contributed by atoms with Gasteiger partial charge in [-0.05, 0) is 86.8 Å². The van der Waals surface area contributed by atoms with Gasteiger partial charge in [-0.25, -0.2) is 4.79 Å². The molecule has 3 aliphatic rings. The highest BCUT2D eigenvalue weighted by atomic mass is 16.7. The Labute approximate surface area is 312 Å². The Bertz CT molecular complexity index is 1640. The Hall–Kier alpha value is -4.45. The fraction of sp³-hybridized carbons (Fsp3) is 0.500. The normalized spacial score (nSPS) is 24.9. The molecule has 2 aromatic carbocycles. The molecule has 286 valence electrons. The second kappa shape index (κ2) is 19.0. The molecule has 6 atom stereocenters. The zero-order valence-corrected chi connectivity index (χ0v) is 31.0. The van der Waals surface area contributed by atoms with Crippen LogP contribution in [0.25, 0.3) is 0 Å². The molecule has 1 fully saturated rings. The van der Waals surface area contributed by atoms with E-state index in [1.54, 1.807) is 48.4 Å². The lowest BCUT2D eigenvalue weighted by atomic mass is 9.55. The highest BCUT2D eigenvalue weighted by Crippen LogP contribution is 2.62. The van der Waals surface area contributed by atoms with Crippen molar-refractivity contribution in [2.45, 2.75) is 76.0 Å². The van der Waals surface area contributed by atoms with Gasteiger partial charge >= 0.3 is 6.09 Å². The first-order valence-corrected chi connectivity index (χ1v) is 18.8. The number of rotatable bonds is 20. The minimum atomic E-state index is -1.37. The molecule has 0 aromatic heterocycles. The third-order valence-electron chi connectivity index (χ3n) is 10.5. The van der Waals surface area contributed by atoms with Crippen LogP contribution in [0.5, 0.6) is 17.2 Å². The van der Waals surface area contributed by atoms with Crippen molar-refractivity contribution in [1.82, 2.24) is 4.90 Å². The van der Waals surface area contributed by atoms with Gasteiger partial charge in [0.2, 0.25) is 5.79 Å². The van der Waals surface area contributed by atoms with Gasteiger partial charge in [0.1, 0.15) is 36.2 Å². The Morgan fingerprint density at radius 3 is 2.55 bits per heavy atom. The lowest BCUT2D eigenvalue weighted by Crippen LogP contribution is -2.69. The van der Waals surface area contributed by atoms with Gasteiger partial charge in [-0.3, -0.25) is 4.79 Å². The van der Waals surface area contributed by atoms with Crippen LogP contribution < -0.4 is 9.47 Å². The van der Waals surface area contributed by atoms with E-state index < -0.39 is 23.8 Å². The van der Waals surface area contributed by atoms with Crippen molar-refractivity contribution in [3.8, 4) is 17.2 Å². The molecule has 0 radical (unpaired) electrons. The number of likely N-dealkylation sites (N-methyl/N-ethyl adjacent to an activating group) is 1. The Morgan fingerprint density at radius 1 is 1.06 bits per heavy atom. The summed E-state index contributed by atoms with van der Waals surface area (Å²) in [6.45, 7) is 10.5. The number of nitrogens with zero attached hydrogens (tertiary/aromatic N) is 2. The number of carbonyl (C=O) groups excluding carboxylic acids is 2. The summed E-state index contributed by atoms with van der Waals surface area (Å²) in [6.07, 6.45) is 11.3. The Kier molecular flexibility index (Phi) is 14.3. The topological polar surface area (TPSA) is 136 Å². The number of amides is 1. The molecule has 2 aliphatic carbocycles. The summed E-state index contributed by atoms with van der Waals surface area (Å²) in [7, 11) is 1.70. The molecule has 11 nitrogen and oxygen atoms in total. The molecule has 0 spiro atoms. The molecular formula is C42H54N2O9. The lowest BCUT2D eigenvalue weighted by molar-refractivity contribution is -0.253. The number of hydrogen-bond donors (Lipinski definition) is 2. The first-order valence-electron chi connectivity index (χ1n) is 18.8. The molecule has 11 heteroatoms. The number of ether oxygens (including phenoxy) is 4. The highest BCUT2D eigenvalue weighted by molar-refractivity contribution is 6.02. The zero-order chi connectivity index (χ0) is 37.8. The number of allylic oxidation sites excluding steroid dienone is 1. The smallest absolute Gasteiger partial charge is 0.409 e. The van der Waals surface area contributed by atoms with Crippen LogP contribution in [0.3, 0.4) is 0 Å². The maximum atomic E-state index is 13.7. The van der Waals surface area contributed by atoms with E-state index in [1.165, 1.54) is 0 Å². The van der Waals surface area contributed by atoms with Crippen LogP contribution >= 0.6 is 0 Å². The van der Waals surface area contributed by atoms with Crippen LogP contribution in [0, 0.1) is 17.8 Å². The molecule has 5 rings (SSSR count). The predicted octanol–water partition coefficient (Wildman–Crippen LogP) is 7.59. The largest absolute Gasteiger partial charge is 0.459 e. The number of oxime groups is 1. The van der Waals surface area contributed by atoms with E-state index in [0.717, 1.165) is 43.1 Å². The number of unbranched alkanes of at least 4 members (excludes halogenated alkanes) is 2. The number of fused-ring (bicyclic) bond motifs is 2. The van der Waals surface area contributed by atoms with Crippen LogP contribution in [0.2, 0.25) is 0 Å². The van der Waals surface area contributed by atoms with Crippen molar-refractivity contribution in [2.24, 2.45) is 22.9 Å².